The third-order valence-electron chi connectivity index (χ3n) is 2.77. The molecule has 0 amide bonds. The van der Waals surface area contributed by atoms with E-state index < -0.39 is 0 Å². The third kappa shape index (κ3) is 2.92. The first-order valence-corrected chi connectivity index (χ1v) is 6.82. The van der Waals surface area contributed by atoms with Crippen LogP contribution < -0.4 is 4.74 Å². The predicted octanol–water partition coefficient (Wildman–Crippen LogP) is 3.85. The van der Waals surface area contributed by atoms with Gasteiger partial charge in [0.25, 0.3) is 0 Å². The summed E-state index contributed by atoms with van der Waals surface area (Å²) >= 11 is 7.36. The zero-order chi connectivity index (χ0) is 13.0. The fourth-order valence-corrected chi connectivity index (χ4v) is 2.84. The van der Waals surface area contributed by atoms with E-state index in [2.05, 4.69) is 0 Å². The lowest BCUT2D eigenvalue weighted by molar-refractivity contribution is -0.113. The van der Waals surface area contributed by atoms with Crippen LogP contribution in [0.2, 0.25) is 0 Å². The van der Waals surface area contributed by atoms with Crippen LogP contribution >= 0.6 is 22.9 Å². The minimum absolute atomic E-state index is 0.354. The molecule has 2 aromatic rings. The van der Waals surface area contributed by atoms with Gasteiger partial charge in [0, 0.05) is 10.4 Å². The average Bonchev–Trinajstić information content (AvgIpc) is 2.88. The van der Waals surface area contributed by atoms with Gasteiger partial charge in [0.2, 0.25) is 5.24 Å². The number of benzene rings is 1. The van der Waals surface area contributed by atoms with Gasteiger partial charge in [0.05, 0.1) is 13.0 Å². The van der Waals surface area contributed by atoms with Crippen LogP contribution in [0, 0.1) is 0 Å². The van der Waals surface area contributed by atoms with Crippen molar-refractivity contribution < 1.29 is 9.53 Å². The Morgan fingerprint density at radius 3 is 2.72 bits per heavy atom. The molecule has 0 spiro atoms. The number of hydrogen-bond acceptors (Lipinski definition) is 3. The molecule has 1 unspecified atom stereocenters. The van der Waals surface area contributed by atoms with Crippen molar-refractivity contribution in [2.45, 2.75) is 12.3 Å². The van der Waals surface area contributed by atoms with Gasteiger partial charge in [-0.2, -0.15) is 0 Å². The highest BCUT2D eigenvalue weighted by molar-refractivity contribution is 7.09. The molecule has 1 atom stereocenters. The smallest absolute Gasteiger partial charge is 0.229 e. The Morgan fingerprint density at radius 1 is 1.33 bits per heavy atom. The average molecular weight is 281 g/mol. The van der Waals surface area contributed by atoms with Crippen molar-refractivity contribution in [3.8, 4) is 5.75 Å². The summed E-state index contributed by atoms with van der Waals surface area (Å²) in [6.45, 7) is 0. The second-order valence-electron chi connectivity index (χ2n) is 3.88. The Bertz CT molecular complexity index is 522. The van der Waals surface area contributed by atoms with Crippen LogP contribution in [0.4, 0.5) is 0 Å². The van der Waals surface area contributed by atoms with Gasteiger partial charge >= 0.3 is 0 Å². The largest absolute Gasteiger partial charge is 0.496 e. The fraction of sp³-hybridized carbons (Fsp3) is 0.214. The highest BCUT2D eigenvalue weighted by atomic mass is 35.5. The van der Waals surface area contributed by atoms with Gasteiger partial charge in [-0.3, -0.25) is 4.79 Å². The number of carbonyl (C=O) groups excluding carboxylic acids is 1. The van der Waals surface area contributed by atoms with Crippen molar-refractivity contribution >= 4 is 28.2 Å². The van der Waals surface area contributed by atoms with Crippen LogP contribution in [0.1, 0.15) is 16.4 Å². The van der Waals surface area contributed by atoms with Crippen LogP contribution in [-0.2, 0) is 11.2 Å². The number of ether oxygens (including phenoxy) is 1. The SMILES string of the molecule is COc1ccccc1C(Cc1cccs1)C(=O)Cl. The Morgan fingerprint density at radius 2 is 2.11 bits per heavy atom. The summed E-state index contributed by atoms with van der Waals surface area (Å²) in [6, 6.07) is 11.5. The first-order chi connectivity index (χ1) is 8.72. The van der Waals surface area contributed by atoms with E-state index in [1.54, 1.807) is 18.4 Å². The minimum atomic E-state index is -0.360. The maximum Gasteiger partial charge on any atom is 0.229 e. The van der Waals surface area contributed by atoms with Gasteiger partial charge in [-0.1, -0.05) is 24.3 Å². The van der Waals surface area contributed by atoms with E-state index in [1.165, 1.54) is 0 Å². The van der Waals surface area contributed by atoms with Gasteiger partial charge in [-0.05, 0) is 35.5 Å². The topological polar surface area (TPSA) is 26.3 Å². The van der Waals surface area contributed by atoms with E-state index in [-0.39, 0.29) is 11.2 Å². The summed E-state index contributed by atoms with van der Waals surface area (Å²) in [5.41, 5.74) is 0.841. The lowest BCUT2D eigenvalue weighted by atomic mass is 9.95. The van der Waals surface area contributed by atoms with Gasteiger partial charge in [0.15, 0.2) is 0 Å². The van der Waals surface area contributed by atoms with Crippen LogP contribution in [-0.4, -0.2) is 12.4 Å². The molecule has 0 saturated carbocycles. The molecule has 0 saturated heterocycles. The Hall–Kier alpha value is -1.32. The van der Waals surface area contributed by atoms with Gasteiger partial charge in [0.1, 0.15) is 5.75 Å². The molecule has 0 radical (unpaired) electrons. The van der Waals surface area contributed by atoms with Gasteiger partial charge < -0.3 is 4.74 Å². The van der Waals surface area contributed by atoms with E-state index in [0.29, 0.717) is 12.2 Å². The number of para-hydroxylation sites is 1. The van der Waals surface area contributed by atoms with Crippen molar-refractivity contribution in [2.24, 2.45) is 0 Å². The molecule has 2 nitrogen and oxygen atoms in total. The second kappa shape index (κ2) is 6.03. The molecule has 0 aliphatic rings. The van der Waals surface area contributed by atoms with E-state index in [1.807, 2.05) is 41.8 Å². The monoisotopic (exact) mass is 280 g/mol. The standard InChI is InChI=1S/C14H13ClO2S/c1-17-13-7-3-2-6-11(13)12(14(15)16)9-10-5-4-8-18-10/h2-8,12H,9H2,1H3. The molecule has 18 heavy (non-hydrogen) atoms. The Balaban J connectivity index is 2.32. The highest BCUT2D eigenvalue weighted by Gasteiger charge is 2.22. The first kappa shape index (κ1) is 13.1. The number of hydrogen-bond donors (Lipinski definition) is 0. The number of carbonyl (C=O) groups is 1. The molecule has 1 aromatic heterocycles. The van der Waals surface area contributed by atoms with Crippen LogP contribution in [0.5, 0.6) is 5.75 Å². The Kier molecular flexibility index (Phi) is 4.39. The van der Waals surface area contributed by atoms with Crippen molar-refractivity contribution in [3.63, 3.8) is 0 Å². The molecule has 0 aliphatic carbocycles. The van der Waals surface area contributed by atoms with E-state index >= 15 is 0 Å². The fourth-order valence-electron chi connectivity index (χ4n) is 1.90. The van der Waals surface area contributed by atoms with Gasteiger partial charge in [-0.15, -0.1) is 11.3 Å². The minimum Gasteiger partial charge on any atom is -0.496 e. The normalized spacial score (nSPS) is 12.1. The summed E-state index contributed by atoms with van der Waals surface area (Å²) in [7, 11) is 1.60. The molecular weight excluding hydrogens is 268 g/mol. The lowest BCUT2D eigenvalue weighted by Gasteiger charge is -2.15. The molecule has 0 fully saturated rings. The number of halogens is 1. The summed E-state index contributed by atoms with van der Waals surface area (Å²) in [6.07, 6.45) is 0.611. The second-order valence-corrected chi connectivity index (χ2v) is 5.29. The van der Waals surface area contributed by atoms with Crippen molar-refractivity contribution in [3.05, 3.63) is 52.2 Å². The maximum absolute atomic E-state index is 11.7. The number of methoxy groups -OCH3 is 1. The molecule has 0 bridgehead atoms. The van der Waals surface area contributed by atoms with E-state index in [0.717, 1.165) is 10.4 Å². The quantitative estimate of drug-likeness (QED) is 0.778. The zero-order valence-electron chi connectivity index (χ0n) is 9.93. The van der Waals surface area contributed by atoms with Crippen LogP contribution in [0.25, 0.3) is 0 Å². The Labute approximate surface area is 115 Å². The van der Waals surface area contributed by atoms with E-state index in [4.69, 9.17) is 16.3 Å². The lowest BCUT2D eigenvalue weighted by Crippen LogP contribution is -2.10. The van der Waals surface area contributed by atoms with E-state index in [9.17, 15) is 4.79 Å². The van der Waals surface area contributed by atoms with Crippen molar-refractivity contribution in [2.75, 3.05) is 7.11 Å². The molecule has 4 heteroatoms. The number of rotatable bonds is 5. The third-order valence-corrected chi connectivity index (χ3v) is 3.94. The predicted molar refractivity (Wildman–Crippen MR) is 74.6 cm³/mol. The summed E-state index contributed by atoms with van der Waals surface area (Å²) in [4.78, 5) is 12.8. The van der Waals surface area contributed by atoms with Crippen LogP contribution in [0.3, 0.4) is 0 Å². The molecule has 0 aliphatic heterocycles. The molecule has 1 aromatic carbocycles. The van der Waals surface area contributed by atoms with Gasteiger partial charge in [-0.25, -0.2) is 0 Å². The number of thiophene rings is 1. The zero-order valence-corrected chi connectivity index (χ0v) is 11.5. The molecule has 0 N–H and O–H groups in total. The summed E-state index contributed by atoms with van der Waals surface area (Å²) in [5, 5.41) is 1.64. The van der Waals surface area contributed by atoms with Crippen LogP contribution in [0.15, 0.2) is 41.8 Å². The first-order valence-electron chi connectivity index (χ1n) is 5.57. The van der Waals surface area contributed by atoms with Crippen molar-refractivity contribution in [1.82, 2.24) is 0 Å². The maximum atomic E-state index is 11.7. The molecule has 1 heterocycles. The molecule has 2 rings (SSSR count). The summed E-state index contributed by atoms with van der Waals surface area (Å²) < 4.78 is 5.29. The highest BCUT2D eigenvalue weighted by Crippen LogP contribution is 2.31. The molecule has 94 valence electrons. The summed E-state index contributed by atoms with van der Waals surface area (Å²) in [5.74, 6) is 0.342. The molecular formula is C14H13ClO2S. The van der Waals surface area contributed by atoms with Crippen molar-refractivity contribution in [1.29, 1.82) is 0 Å².